The number of sulfonamides is 1. The van der Waals surface area contributed by atoms with Crippen LogP contribution >= 0.6 is 0 Å². The number of nitrogens with one attached hydrogen (secondary N) is 1. The molecular formula is C22H22N5O2S+. The van der Waals surface area contributed by atoms with Gasteiger partial charge >= 0.3 is 0 Å². The highest BCUT2D eigenvalue weighted by Crippen LogP contribution is 2.25. The van der Waals surface area contributed by atoms with Crippen LogP contribution in [0.25, 0.3) is 16.9 Å². The van der Waals surface area contributed by atoms with Crippen LogP contribution in [0.2, 0.25) is 0 Å². The normalized spacial score (nSPS) is 11.5. The van der Waals surface area contributed by atoms with Gasteiger partial charge in [-0.1, -0.05) is 36.9 Å². The summed E-state index contributed by atoms with van der Waals surface area (Å²) in [6.07, 6.45) is 7.26. The Bertz CT molecular complexity index is 1360. The topological polar surface area (TPSA) is 80.8 Å². The molecule has 4 aromatic rings. The third kappa shape index (κ3) is 3.81. The van der Waals surface area contributed by atoms with Crippen molar-refractivity contribution in [1.29, 1.82) is 0 Å². The van der Waals surface area contributed by atoms with Crippen LogP contribution in [0.1, 0.15) is 11.1 Å². The molecule has 152 valence electrons. The zero-order chi connectivity index (χ0) is 21.3. The highest BCUT2D eigenvalue weighted by atomic mass is 32.2. The molecule has 2 aromatic carbocycles. The van der Waals surface area contributed by atoms with Crippen molar-refractivity contribution in [3.05, 3.63) is 85.0 Å². The number of imidazole rings is 1. The third-order valence-electron chi connectivity index (χ3n) is 4.69. The van der Waals surface area contributed by atoms with E-state index in [-0.39, 0.29) is 10.7 Å². The van der Waals surface area contributed by atoms with Crippen molar-refractivity contribution in [2.45, 2.75) is 25.3 Å². The molecule has 2 aromatic heterocycles. The lowest BCUT2D eigenvalue weighted by atomic mass is 10.2. The van der Waals surface area contributed by atoms with Crippen molar-refractivity contribution in [2.75, 3.05) is 4.72 Å². The average Bonchev–Trinajstić information content (AvgIpc) is 3.17. The summed E-state index contributed by atoms with van der Waals surface area (Å²) in [5, 5.41) is 0. The maximum Gasteiger partial charge on any atom is 0.270 e. The predicted octanol–water partition coefficient (Wildman–Crippen LogP) is 3.31. The third-order valence-corrected chi connectivity index (χ3v) is 6.17. The van der Waals surface area contributed by atoms with Crippen LogP contribution in [0.5, 0.6) is 0 Å². The molecule has 0 aliphatic rings. The van der Waals surface area contributed by atoms with Gasteiger partial charge in [-0.15, -0.1) is 0 Å². The maximum atomic E-state index is 13.2. The van der Waals surface area contributed by atoms with Crippen LogP contribution in [0.4, 0.5) is 5.82 Å². The summed E-state index contributed by atoms with van der Waals surface area (Å²) in [4.78, 5) is 9.46. The first kappa shape index (κ1) is 19.8. The summed E-state index contributed by atoms with van der Waals surface area (Å²) in [6, 6.07) is 12.7. The summed E-state index contributed by atoms with van der Waals surface area (Å²) < 4.78 is 32.7. The number of fused-ring (bicyclic) bond motifs is 1. The SMILES string of the molecule is C=CC[n+]1ccn(-c2nc3ccccc3nc2NS(=O)(=O)c2cc(C)ccc2C)c1. The predicted molar refractivity (Wildman–Crippen MR) is 116 cm³/mol. The monoisotopic (exact) mass is 420 g/mol. The quantitative estimate of drug-likeness (QED) is 0.383. The van der Waals surface area contributed by atoms with E-state index in [2.05, 4.69) is 21.3 Å². The molecule has 4 rings (SSSR count). The van der Waals surface area contributed by atoms with Crippen molar-refractivity contribution in [3.8, 4) is 5.82 Å². The summed E-state index contributed by atoms with van der Waals surface area (Å²) >= 11 is 0. The lowest BCUT2D eigenvalue weighted by molar-refractivity contribution is -0.686. The Morgan fingerprint density at radius 1 is 1.13 bits per heavy atom. The molecule has 30 heavy (non-hydrogen) atoms. The highest BCUT2D eigenvalue weighted by molar-refractivity contribution is 7.92. The van der Waals surface area contributed by atoms with E-state index in [1.54, 1.807) is 42.0 Å². The summed E-state index contributed by atoms with van der Waals surface area (Å²) in [6.45, 7) is 7.99. The number of aryl methyl sites for hydroxylation is 2. The molecule has 0 saturated heterocycles. The molecule has 2 heterocycles. The van der Waals surface area contributed by atoms with Gasteiger partial charge in [-0.05, 0) is 43.2 Å². The molecule has 0 amide bonds. The van der Waals surface area contributed by atoms with E-state index in [9.17, 15) is 8.42 Å². The molecule has 0 spiro atoms. The second-order valence-electron chi connectivity index (χ2n) is 7.07. The van der Waals surface area contributed by atoms with E-state index in [1.165, 1.54) is 0 Å². The van der Waals surface area contributed by atoms with Crippen LogP contribution in [0.3, 0.4) is 0 Å². The molecule has 0 atom stereocenters. The van der Waals surface area contributed by atoms with Gasteiger partial charge in [0.2, 0.25) is 5.82 Å². The molecule has 0 saturated carbocycles. The smallest absolute Gasteiger partial charge is 0.258 e. The minimum Gasteiger partial charge on any atom is -0.258 e. The Kier molecular flexibility index (Phi) is 5.09. The van der Waals surface area contributed by atoms with Gasteiger partial charge in [-0.2, -0.15) is 4.57 Å². The van der Waals surface area contributed by atoms with Crippen LogP contribution in [0.15, 0.2) is 78.7 Å². The zero-order valence-corrected chi connectivity index (χ0v) is 17.6. The molecule has 0 bridgehead atoms. The minimum atomic E-state index is -3.86. The first-order valence-electron chi connectivity index (χ1n) is 9.42. The van der Waals surface area contributed by atoms with Crippen molar-refractivity contribution in [2.24, 2.45) is 0 Å². The number of hydrogen-bond acceptors (Lipinski definition) is 4. The number of benzene rings is 2. The van der Waals surface area contributed by atoms with Gasteiger partial charge in [0.05, 0.1) is 15.9 Å². The molecule has 0 fully saturated rings. The fraction of sp³-hybridized carbons (Fsp3) is 0.136. The first-order chi connectivity index (χ1) is 14.4. The van der Waals surface area contributed by atoms with Crippen molar-refractivity contribution >= 4 is 26.9 Å². The number of para-hydroxylation sites is 2. The Morgan fingerprint density at radius 3 is 2.60 bits per heavy atom. The standard InChI is InChI=1S/C22H22N5O2S/c1-4-11-26-12-13-27(15-26)22-21(23-18-7-5-6-8-19(18)24-22)25-30(28,29)20-14-16(2)9-10-17(20)3/h4-10,12-15H,1,11H2,2-3H3,(H,23,25)/q+1. The van der Waals surface area contributed by atoms with E-state index in [0.29, 0.717) is 29.0 Å². The van der Waals surface area contributed by atoms with E-state index in [1.807, 2.05) is 48.3 Å². The Morgan fingerprint density at radius 2 is 1.87 bits per heavy atom. The zero-order valence-electron chi connectivity index (χ0n) is 16.8. The highest BCUT2D eigenvalue weighted by Gasteiger charge is 2.24. The van der Waals surface area contributed by atoms with Gasteiger partial charge in [0, 0.05) is 0 Å². The minimum absolute atomic E-state index is 0.163. The second kappa shape index (κ2) is 7.72. The maximum absolute atomic E-state index is 13.2. The molecule has 1 N–H and O–H groups in total. The van der Waals surface area contributed by atoms with Gasteiger partial charge in [0.1, 0.15) is 18.9 Å². The van der Waals surface area contributed by atoms with Crippen LogP contribution in [0, 0.1) is 13.8 Å². The van der Waals surface area contributed by atoms with Crippen LogP contribution in [-0.2, 0) is 16.6 Å². The largest absolute Gasteiger partial charge is 0.270 e. The molecule has 8 heteroatoms. The van der Waals surface area contributed by atoms with Gasteiger partial charge in [0.25, 0.3) is 22.2 Å². The van der Waals surface area contributed by atoms with Gasteiger partial charge in [0.15, 0.2) is 0 Å². The fourth-order valence-electron chi connectivity index (χ4n) is 3.19. The van der Waals surface area contributed by atoms with E-state index in [4.69, 9.17) is 0 Å². The number of allylic oxidation sites excluding steroid dienone is 1. The average molecular weight is 421 g/mol. The molecule has 0 aliphatic carbocycles. The van der Waals surface area contributed by atoms with Gasteiger partial charge in [-0.3, -0.25) is 4.72 Å². The molecule has 7 nitrogen and oxygen atoms in total. The van der Waals surface area contributed by atoms with Crippen molar-refractivity contribution < 1.29 is 13.0 Å². The Labute approximate surface area is 175 Å². The van der Waals surface area contributed by atoms with E-state index < -0.39 is 10.0 Å². The summed E-state index contributed by atoms with van der Waals surface area (Å²) in [5.74, 6) is 0.557. The molecular weight excluding hydrogens is 398 g/mol. The summed E-state index contributed by atoms with van der Waals surface area (Å²) in [7, 11) is -3.86. The van der Waals surface area contributed by atoms with Crippen LogP contribution < -0.4 is 9.29 Å². The molecule has 0 aliphatic heterocycles. The van der Waals surface area contributed by atoms with Crippen molar-refractivity contribution in [1.82, 2.24) is 14.5 Å². The number of anilines is 1. The molecule has 0 unspecified atom stereocenters. The van der Waals surface area contributed by atoms with Gasteiger partial charge < -0.3 is 0 Å². The van der Waals surface area contributed by atoms with E-state index in [0.717, 1.165) is 5.56 Å². The fourth-order valence-corrected chi connectivity index (χ4v) is 4.53. The molecule has 0 radical (unpaired) electrons. The number of hydrogen-bond donors (Lipinski definition) is 1. The van der Waals surface area contributed by atoms with Crippen LogP contribution in [-0.4, -0.2) is 23.0 Å². The Hall–Kier alpha value is -3.52. The van der Waals surface area contributed by atoms with E-state index >= 15 is 0 Å². The second-order valence-corrected chi connectivity index (χ2v) is 8.72. The number of rotatable bonds is 6. The first-order valence-corrected chi connectivity index (χ1v) is 10.9. The summed E-state index contributed by atoms with van der Waals surface area (Å²) in [5.41, 5.74) is 2.80. The van der Waals surface area contributed by atoms with Gasteiger partial charge in [-0.25, -0.2) is 23.0 Å². The van der Waals surface area contributed by atoms with Crippen molar-refractivity contribution in [3.63, 3.8) is 0 Å². The lowest BCUT2D eigenvalue weighted by Gasteiger charge is -2.12. The number of nitrogens with zero attached hydrogens (tertiary/aromatic N) is 4. The lowest BCUT2D eigenvalue weighted by Crippen LogP contribution is -2.29. The Balaban J connectivity index is 1.86. The number of aromatic nitrogens is 4.